The number of carbonyl (C=O) groups is 1. The summed E-state index contributed by atoms with van der Waals surface area (Å²) in [6.07, 6.45) is 7.74. The molecular formula is C30H38N8O2S. The van der Waals surface area contributed by atoms with Crippen molar-refractivity contribution in [2.24, 2.45) is 0 Å². The van der Waals surface area contributed by atoms with Gasteiger partial charge in [-0.15, -0.1) is 11.3 Å². The highest BCUT2D eigenvalue weighted by Crippen LogP contribution is 2.38. The molecule has 10 nitrogen and oxygen atoms in total. The van der Waals surface area contributed by atoms with Crippen LogP contribution in [0.5, 0.6) is 0 Å². The maximum atomic E-state index is 13.4. The monoisotopic (exact) mass is 574 g/mol. The van der Waals surface area contributed by atoms with Crippen molar-refractivity contribution < 1.29 is 9.53 Å². The standard InChI is InChI=1S/C30H38N8O2S/c1-30(2,29(39)36-8-3-4-9-36)38-12-10-35(11-13-38)28(26-16-24-27(41-26)18-31-20-32-24)37-14-15-40-25(19-37)21-6-5-7-23-22(21)17-33-34-23/h5-7,16-18,20,25,28H,3-4,8-15,19H2,1-2H3,(H,33,34). The van der Waals surface area contributed by atoms with Gasteiger partial charge in [-0.3, -0.25) is 24.6 Å². The number of nitrogens with one attached hydrogen (secondary N) is 1. The lowest BCUT2D eigenvalue weighted by molar-refractivity contribution is -0.144. The fraction of sp³-hybridized carbons (Fsp3) is 0.533. The molecule has 2 atom stereocenters. The van der Waals surface area contributed by atoms with Gasteiger partial charge in [0.1, 0.15) is 6.33 Å². The molecule has 0 spiro atoms. The van der Waals surface area contributed by atoms with Gasteiger partial charge in [0.25, 0.3) is 0 Å². The van der Waals surface area contributed by atoms with E-state index in [2.05, 4.69) is 77.9 Å². The van der Waals surface area contributed by atoms with Crippen LogP contribution in [0, 0.1) is 0 Å². The Kier molecular flexibility index (Phi) is 7.24. The summed E-state index contributed by atoms with van der Waals surface area (Å²) < 4.78 is 7.48. The number of carbonyl (C=O) groups excluding carboxylic acids is 1. The quantitative estimate of drug-likeness (QED) is 0.373. The van der Waals surface area contributed by atoms with Crippen LogP contribution in [0.2, 0.25) is 0 Å². The number of thiophene rings is 1. The van der Waals surface area contributed by atoms with Crippen molar-refractivity contribution in [3.63, 3.8) is 0 Å². The van der Waals surface area contributed by atoms with Crippen LogP contribution < -0.4 is 0 Å². The van der Waals surface area contributed by atoms with Crippen LogP contribution in [0.3, 0.4) is 0 Å². The van der Waals surface area contributed by atoms with E-state index in [1.54, 1.807) is 17.7 Å². The highest BCUT2D eigenvalue weighted by atomic mass is 32.1. The molecule has 0 aliphatic carbocycles. The Labute approximate surface area is 244 Å². The lowest BCUT2D eigenvalue weighted by Crippen LogP contribution is -2.62. The van der Waals surface area contributed by atoms with E-state index in [0.29, 0.717) is 6.61 Å². The van der Waals surface area contributed by atoms with Crippen molar-refractivity contribution in [1.29, 1.82) is 0 Å². The fourth-order valence-electron chi connectivity index (χ4n) is 6.84. The van der Waals surface area contributed by atoms with E-state index in [1.807, 2.05) is 12.4 Å². The van der Waals surface area contributed by atoms with Crippen LogP contribution in [-0.4, -0.2) is 110 Å². The van der Waals surface area contributed by atoms with E-state index < -0.39 is 5.54 Å². The molecular weight excluding hydrogens is 536 g/mol. The van der Waals surface area contributed by atoms with E-state index in [9.17, 15) is 4.79 Å². The molecule has 0 bridgehead atoms. The third kappa shape index (κ3) is 5.03. The van der Waals surface area contributed by atoms with Crippen LogP contribution >= 0.6 is 11.3 Å². The summed E-state index contributed by atoms with van der Waals surface area (Å²) in [7, 11) is 0. The summed E-state index contributed by atoms with van der Waals surface area (Å²) in [5, 5.41) is 8.49. The molecule has 41 heavy (non-hydrogen) atoms. The molecule has 11 heteroatoms. The molecule has 0 radical (unpaired) electrons. The lowest BCUT2D eigenvalue weighted by Gasteiger charge is -2.49. The van der Waals surface area contributed by atoms with Crippen molar-refractivity contribution in [3.8, 4) is 0 Å². The molecule has 4 aromatic rings. The van der Waals surface area contributed by atoms with Crippen LogP contribution in [0.1, 0.15) is 49.4 Å². The average Bonchev–Trinajstić information content (AvgIpc) is 3.78. The van der Waals surface area contributed by atoms with Gasteiger partial charge in [0.2, 0.25) is 5.91 Å². The number of morpholine rings is 1. The zero-order valence-corrected chi connectivity index (χ0v) is 24.6. The van der Waals surface area contributed by atoms with Gasteiger partial charge in [0, 0.05) is 68.8 Å². The summed E-state index contributed by atoms with van der Waals surface area (Å²) in [5.41, 5.74) is 2.71. The SMILES string of the molecule is CC(C)(C(=O)N1CCCC1)N1CCN(C(c2cc3ncncc3s2)N2CCOC(c3cccc4[nH]ncc34)C2)CC1. The molecule has 3 fully saturated rings. The largest absolute Gasteiger partial charge is 0.371 e. The fourth-order valence-corrected chi connectivity index (χ4v) is 8.00. The number of aromatic nitrogens is 4. The second-order valence-electron chi connectivity index (χ2n) is 11.9. The molecule has 3 aliphatic rings. The first-order valence-corrected chi connectivity index (χ1v) is 15.6. The Morgan fingerprint density at radius 2 is 1.90 bits per heavy atom. The van der Waals surface area contributed by atoms with Gasteiger partial charge in [-0.25, -0.2) is 9.97 Å². The highest BCUT2D eigenvalue weighted by molar-refractivity contribution is 7.19. The van der Waals surface area contributed by atoms with Gasteiger partial charge in [0.15, 0.2) is 0 Å². The van der Waals surface area contributed by atoms with Gasteiger partial charge in [-0.2, -0.15) is 5.10 Å². The first-order valence-electron chi connectivity index (χ1n) is 14.7. The zero-order chi connectivity index (χ0) is 28.0. The average molecular weight is 575 g/mol. The van der Waals surface area contributed by atoms with Crippen molar-refractivity contribution in [2.45, 2.75) is 44.5 Å². The van der Waals surface area contributed by atoms with E-state index >= 15 is 0 Å². The summed E-state index contributed by atoms with van der Waals surface area (Å²) in [4.78, 5) is 33.1. The summed E-state index contributed by atoms with van der Waals surface area (Å²) in [6, 6.07) is 8.53. The Bertz CT molecular complexity index is 1490. The normalized spacial score (nSPS) is 22.6. The molecule has 7 rings (SSSR count). The molecule has 3 aromatic heterocycles. The minimum Gasteiger partial charge on any atom is -0.371 e. The van der Waals surface area contributed by atoms with Crippen LogP contribution in [0.25, 0.3) is 21.1 Å². The van der Waals surface area contributed by atoms with Gasteiger partial charge in [-0.1, -0.05) is 12.1 Å². The number of ether oxygens (including phenoxy) is 1. The maximum Gasteiger partial charge on any atom is 0.242 e. The molecule has 0 saturated carbocycles. The number of hydrogen-bond acceptors (Lipinski definition) is 9. The third-order valence-electron chi connectivity index (χ3n) is 9.15. The van der Waals surface area contributed by atoms with E-state index in [4.69, 9.17) is 4.74 Å². The molecule has 216 valence electrons. The van der Waals surface area contributed by atoms with Crippen LogP contribution in [0.4, 0.5) is 0 Å². The summed E-state index contributed by atoms with van der Waals surface area (Å²) in [6.45, 7) is 11.8. The number of hydrogen-bond donors (Lipinski definition) is 1. The minimum absolute atomic E-state index is 0.0416. The summed E-state index contributed by atoms with van der Waals surface area (Å²) in [5.74, 6) is 0.271. The number of rotatable bonds is 6. The van der Waals surface area contributed by atoms with E-state index in [1.165, 1.54) is 10.4 Å². The molecule has 1 amide bonds. The molecule has 3 aliphatic heterocycles. The predicted octanol–water partition coefficient (Wildman–Crippen LogP) is 3.66. The van der Waals surface area contributed by atoms with Crippen molar-refractivity contribution >= 4 is 38.4 Å². The molecule has 1 N–H and O–H groups in total. The lowest BCUT2D eigenvalue weighted by atomic mass is 9.99. The second-order valence-corrected chi connectivity index (χ2v) is 13.0. The topological polar surface area (TPSA) is 93.7 Å². The van der Waals surface area contributed by atoms with E-state index in [-0.39, 0.29) is 18.2 Å². The Morgan fingerprint density at radius 1 is 1.07 bits per heavy atom. The zero-order valence-electron chi connectivity index (χ0n) is 23.8. The smallest absolute Gasteiger partial charge is 0.242 e. The third-order valence-corrected chi connectivity index (χ3v) is 10.2. The van der Waals surface area contributed by atoms with Gasteiger partial charge in [-0.05, 0) is 44.4 Å². The molecule has 6 heterocycles. The maximum absolute atomic E-state index is 13.4. The predicted molar refractivity (Wildman–Crippen MR) is 160 cm³/mol. The summed E-state index contributed by atoms with van der Waals surface area (Å²) >= 11 is 1.78. The number of H-pyrrole nitrogens is 1. The second kappa shape index (κ2) is 11.0. The van der Waals surface area contributed by atoms with Crippen molar-refractivity contribution in [2.75, 3.05) is 59.0 Å². The molecule has 1 aromatic carbocycles. The van der Waals surface area contributed by atoms with Crippen molar-refractivity contribution in [3.05, 3.63) is 53.4 Å². The first kappa shape index (κ1) is 26.9. The van der Waals surface area contributed by atoms with E-state index in [0.717, 1.165) is 86.3 Å². The highest BCUT2D eigenvalue weighted by Gasteiger charge is 2.42. The minimum atomic E-state index is -0.494. The van der Waals surface area contributed by atoms with Crippen LogP contribution in [-0.2, 0) is 9.53 Å². The Hall–Kier alpha value is -2.96. The Morgan fingerprint density at radius 3 is 2.71 bits per heavy atom. The number of aromatic amines is 1. The number of likely N-dealkylation sites (tertiary alicyclic amines) is 1. The number of benzene rings is 1. The van der Waals surface area contributed by atoms with Gasteiger partial charge in [0.05, 0.1) is 46.3 Å². The molecule has 2 unspecified atom stereocenters. The van der Waals surface area contributed by atoms with Gasteiger partial charge < -0.3 is 9.64 Å². The Balaban J connectivity index is 1.15. The number of fused-ring (bicyclic) bond motifs is 2. The number of amides is 1. The number of nitrogens with zero attached hydrogens (tertiary/aromatic N) is 7. The molecule has 3 saturated heterocycles. The van der Waals surface area contributed by atoms with Gasteiger partial charge >= 0.3 is 0 Å². The van der Waals surface area contributed by atoms with Crippen molar-refractivity contribution in [1.82, 2.24) is 39.8 Å². The number of piperazine rings is 1. The first-order chi connectivity index (χ1) is 20.0. The van der Waals surface area contributed by atoms with Crippen LogP contribution in [0.15, 0.2) is 43.0 Å².